The number of halogens is 1. The van der Waals surface area contributed by atoms with Gasteiger partial charge in [0, 0.05) is 36.5 Å². The van der Waals surface area contributed by atoms with Crippen molar-refractivity contribution in [2.75, 3.05) is 13.1 Å². The van der Waals surface area contributed by atoms with Crippen LogP contribution in [0, 0.1) is 5.92 Å². The lowest BCUT2D eigenvalue weighted by Crippen LogP contribution is -2.45. The van der Waals surface area contributed by atoms with Crippen molar-refractivity contribution in [1.82, 2.24) is 10.2 Å². The number of nitrogens with zero attached hydrogens (tertiary/aromatic N) is 1. The van der Waals surface area contributed by atoms with E-state index in [2.05, 4.69) is 12.2 Å². The summed E-state index contributed by atoms with van der Waals surface area (Å²) in [5.41, 5.74) is 0.838. The first-order valence-corrected chi connectivity index (χ1v) is 10.2. The molecule has 0 unspecified atom stereocenters. The van der Waals surface area contributed by atoms with Gasteiger partial charge in [0.25, 0.3) is 0 Å². The molecule has 1 N–H and O–H groups in total. The fraction of sp³-hybridized carbons (Fsp3) is 0.619. The quantitative estimate of drug-likeness (QED) is 0.709. The Morgan fingerprint density at radius 3 is 2.62 bits per heavy atom. The number of benzene rings is 1. The van der Waals surface area contributed by atoms with Crippen LogP contribution in [0.4, 0.5) is 0 Å². The molecule has 2 fully saturated rings. The predicted molar refractivity (Wildman–Crippen MR) is 104 cm³/mol. The van der Waals surface area contributed by atoms with E-state index in [1.807, 2.05) is 29.2 Å². The molecule has 26 heavy (non-hydrogen) atoms. The molecule has 0 radical (unpaired) electrons. The van der Waals surface area contributed by atoms with Crippen LogP contribution in [-0.4, -0.2) is 35.3 Å². The Labute approximate surface area is 161 Å². The molecule has 3 rings (SSSR count). The van der Waals surface area contributed by atoms with E-state index in [4.69, 9.17) is 11.6 Å². The van der Waals surface area contributed by atoms with Crippen LogP contribution in [0.3, 0.4) is 0 Å². The normalized spacial score (nSPS) is 22.3. The van der Waals surface area contributed by atoms with Crippen molar-refractivity contribution in [3.8, 4) is 0 Å². The van der Waals surface area contributed by atoms with Crippen molar-refractivity contribution in [2.24, 2.45) is 5.92 Å². The molecule has 4 nitrogen and oxygen atoms in total. The Kier molecular flexibility index (Phi) is 6.23. The van der Waals surface area contributed by atoms with Gasteiger partial charge in [0.15, 0.2) is 0 Å². The van der Waals surface area contributed by atoms with Crippen molar-refractivity contribution >= 4 is 23.4 Å². The fourth-order valence-electron chi connectivity index (χ4n) is 3.88. The summed E-state index contributed by atoms with van der Waals surface area (Å²) in [5.74, 6) is 1.03. The van der Waals surface area contributed by atoms with Crippen LogP contribution in [0.15, 0.2) is 24.3 Å². The monoisotopic (exact) mass is 376 g/mol. The molecule has 0 bridgehead atoms. The molecule has 1 aliphatic carbocycles. The van der Waals surface area contributed by atoms with Crippen molar-refractivity contribution < 1.29 is 9.59 Å². The maximum atomic E-state index is 12.8. The summed E-state index contributed by atoms with van der Waals surface area (Å²) >= 11 is 5.98. The van der Waals surface area contributed by atoms with Crippen LogP contribution in [0.5, 0.6) is 0 Å². The highest BCUT2D eigenvalue weighted by molar-refractivity contribution is 6.30. The summed E-state index contributed by atoms with van der Waals surface area (Å²) in [4.78, 5) is 26.7. The van der Waals surface area contributed by atoms with Gasteiger partial charge in [-0.1, -0.05) is 30.7 Å². The number of carbonyl (C=O) groups is 2. The van der Waals surface area contributed by atoms with Crippen LogP contribution in [-0.2, 0) is 16.0 Å². The third-order valence-electron chi connectivity index (χ3n) is 5.53. The minimum Gasteiger partial charge on any atom is -0.350 e. The maximum absolute atomic E-state index is 12.8. The van der Waals surface area contributed by atoms with E-state index in [1.54, 1.807) is 0 Å². The molecule has 1 aromatic rings. The van der Waals surface area contributed by atoms with Gasteiger partial charge in [-0.3, -0.25) is 9.59 Å². The summed E-state index contributed by atoms with van der Waals surface area (Å²) in [7, 11) is 0. The van der Waals surface area contributed by atoms with E-state index in [-0.39, 0.29) is 17.4 Å². The molecule has 2 amide bonds. The van der Waals surface area contributed by atoms with Gasteiger partial charge in [-0.05, 0) is 62.1 Å². The van der Waals surface area contributed by atoms with E-state index >= 15 is 0 Å². The Balaban J connectivity index is 1.63. The number of hydrogen-bond acceptors (Lipinski definition) is 2. The zero-order valence-electron chi connectivity index (χ0n) is 15.6. The molecule has 2 aliphatic rings. The predicted octanol–water partition coefficient (Wildman–Crippen LogP) is 3.96. The summed E-state index contributed by atoms with van der Waals surface area (Å²) in [6, 6.07) is 7.77. The van der Waals surface area contributed by atoms with Gasteiger partial charge in [-0.15, -0.1) is 0 Å². The summed E-state index contributed by atoms with van der Waals surface area (Å²) in [5, 5.41) is 3.88. The number of amides is 2. The molecule has 1 atom stereocenters. The Hall–Kier alpha value is -1.55. The van der Waals surface area contributed by atoms with Gasteiger partial charge in [-0.25, -0.2) is 0 Å². The van der Waals surface area contributed by atoms with E-state index in [0.29, 0.717) is 30.2 Å². The third-order valence-corrected chi connectivity index (χ3v) is 5.78. The number of hydrogen-bond donors (Lipinski definition) is 1. The minimum absolute atomic E-state index is 0.0924. The highest BCUT2D eigenvalue weighted by Gasteiger charge is 2.38. The number of carbonyl (C=O) groups excluding carboxylic acids is 2. The lowest BCUT2D eigenvalue weighted by Gasteiger charge is -2.31. The molecule has 142 valence electrons. The molecule has 1 aliphatic heterocycles. The lowest BCUT2D eigenvalue weighted by atomic mass is 9.85. The van der Waals surface area contributed by atoms with Gasteiger partial charge in [-0.2, -0.15) is 0 Å². The average molecular weight is 377 g/mol. The number of rotatable bonds is 9. The van der Waals surface area contributed by atoms with E-state index in [0.717, 1.165) is 37.9 Å². The summed E-state index contributed by atoms with van der Waals surface area (Å²) in [6.07, 6.45) is 6.78. The molecular weight excluding hydrogens is 348 g/mol. The second kappa shape index (κ2) is 8.43. The molecular formula is C21H29ClN2O2. The van der Waals surface area contributed by atoms with E-state index < -0.39 is 0 Å². The van der Waals surface area contributed by atoms with Crippen LogP contribution < -0.4 is 5.32 Å². The first-order chi connectivity index (χ1) is 12.5. The zero-order chi connectivity index (χ0) is 18.6. The van der Waals surface area contributed by atoms with Gasteiger partial charge in [0.2, 0.25) is 11.8 Å². The zero-order valence-corrected chi connectivity index (χ0v) is 16.4. The Bertz CT molecular complexity index is 642. The van der Waals surface area contributed by atoms with Crippen molar-refractivity contribution in [3.05, 3.63) is 34.9 Å². The SMILES string of the molecule is CCCN(CC1CC1)C(=O)CC[C@@]1(Cc2ccc(Cl)cc2)CCC(=O)N1. The molecule has 1 heterocycles. The highest BCUT2D eigenvalue weighted by Crippen LogP contribution is 2.32. The van der Waals surface area contributed by atoms with E-state index in [9.17, 15) is 9.59 Å². The lowest BCUT2D eigenvalue weighted by molar-refractivity contribution is -0.132. The van der Waals surface area contributed by atoms with Crippen LogP contribution in [0.2, 0.25) is 5.02 Å². The third kappa shape index (κ3) is 5.23. The Morgan fingerprint density at radius 2 is 2.04 bits per heavy atom. The first-order valence-electron chi connectivity index (χ1n) is 9.83. The number of nitrogens with one attached hydrogen (secondary N) is 1. The highest BCUT2D eigenvalue weighted by atomic mass is 35.5. The van der Waals surface area contributed by atoms with Crippen molar-refractivity contribution in [1.29, 1.82) is 0 Å². The molecule has 1 saturated carbocycles. The largest absolute Gasteiger partial charge is 0.350 e. The molecule has 0 aromatic heterocycles. The minimum atomic E-state index is -0.308. The van der Waals surface area contributed by atoms with Crippen molar-refractivity contribution in [3.63, 3.8) is 0 Å². The average Bonchev–Trinajstić information content (AvgIpc) is 3.37. The molecule has 1 aromatic carbocycles. The molecule has 5 heteroatoms. The molecule has 1 saturated heterocycles. The Morgan fingerprint density at radius 1 is 1.31 bits per heavy atom. The van der Waals surface area contributed by atoms with E-state index in [1.165, 1.54) is 12.8 Å². The van der Waals surface area contributed by atoms with Gasteiger partial charge >= 0.3 is 0 Å². The van der Waals surface area contributed by atoms with Crippen LogP contribution in [0.1, 0.15) is 57.4 Å². The fourth-order valence-corrected chi connectivity index (χ4v) is 4.01. The summed E-state index contributed by atoms with van der Waals surface area (Å²) in [6.45, 7) is 3.86. The summed E-state index contributed by atoms with van der Waals surface area (Å²) < 4.78 is 0. The second-order valence-corrected chi connectivity index (χ2v) is 8.35. The van der Waals surface area contributed by atoms with Gasteiger partial charge < -0.3 is 10.2 Å². The van der Waals surface area contributed by atoms with Crippen molar-refractivity contribution in [2.45, 2.75) is 63.8 Å². The van der Waals surface area contributed by atoms with Crippen LogP contribution >= 0.6 is 11.6 Å². The smallest absolute Gasteiger partial charge is 0.222 e. The molecule has 0 spiro atoms. The second-order valence-electron chi connectivity index (χ2n) is 7.91. The van der Waals surface area contributed by atoms with Gasteiger partial charge in [0.1, 0.15) is 0 Å². The maximum Gasteiger partial charge on any atom is 0.222 e. The van der Waals surface area contributed by atoms with Crippen LogP contribution in [0.25, 0.3) is 0 Å². The van der Waals surface area contributed by atoms with Gasteiger partial charge in [0.05, 0.1) is 0 Å². The first kappa shape index (κ1) is 19.2. The standard InChI is InChI=1S/C21H29ClN2O2/c1-2-13-24(15-17-3-4-17)20(26)10-12-21(11-9-19(25)23-21)14-16-5-7-18(22)8-6-16/h5-8,17H,2-4,9-15H2,1H3,(H,23,25)/t21-/m1/s1. The topological polar surface area (TPSA) is 49.4 Å².